The summed E-state index contributed by atoms with van der Waals surface area (Å²) in [6.07, 6.45) is 1.29. The number of thioether (sulfide) groups is 1. The van der Waals surface area contributed by atoms with E-state index >= 15 is 0 Å². The second kappa shape index (κ2) is 5.27. The molecule has 0 aliphatic carbocycles. The highest BCUT2D eigenvalue weighted by atomic mass is 32.2. The van der Waals surface area contributed by atoms with Gasteiger partial charge in [-0.05, 0) is 30.8 Å². The van der Waals surface area contributed by atoms with Crippen molar-refractivity contribution in [1.29, 1.82) is 0 Å². The van der Waals surface area contributed by atoms with Crippen LogP contribution in [0.1, 0.15) is 17.7 Å². The van der Waals surface area contributed by atoms with Crippen LogP contribution in [0.4, 0.5) is 5.82 Å². The Morgan fingerprint density at radius 3 is 3.06 bits per heavy atom. The normalized spacial score (nSPS) is 19.5. The zero-order chi connectivity index (χ0) is 12.4. The zero-order valence-corrected chi connectivity index (χ0v) is 11.8. The molecule has 1 aromatic heterocycles. The van der Waals surface area contributed by atoms with Crippen LogP contribution >= 0.6 is 24.0 Å². The Morgan fingerprint density at radius 2 is 2.47 bits per heavy atom. The summed E-state index contributed by atoms with van der Waals surface area (Å²) < 4.78 is 1.83. The van der Waals surface area contributed by atoms with Crippen LogP contribution in [0.2, 0.25) is 0 Å². The summed E-state index contributed by atoms with van der Waals surface area (Å²) in [6, 6.07) is 0. The second-order valence-corrected chi connectivity index (χ2v) is 6.00. The fourth-order valence-corrected chi connectivity index (χ4v) is 3.67. The molecule has 6 heteroatoms. The molecule has 94 valence electrons. The quantitative estimate of drug-likeness (QED) is 0.813. The topological polar surface area (TPSA) is 55.9 Å². The van der Waals surface area contributed by atoms with E-state index in [-0.39, 0.29) is 0 Å². The average Bonchev–Trinajstić information content (AvgIpc) is 2.83. The largest absolute Gasteiger partial charge is 0.389 e. The molecular weight excluding hydrogens is 252 g/mol. The van der Waals surface area contributed by atoms with Crippen molar-refractivity contribution in [2.45, 2.75) is 13.3 Å². The van der Waals surface area contributed by atoms with E-state index in [1.165, 1.54) is 17.9 Å². The Labute approximate surface area is 111 Å². The summed E-state index contributed by atoms with van der Waals surface area (Å²) in [5, 5.41) is 7.80. The third kappa shape index (κ3) is 2.74. The van der Waals surface area contributed by atoms with Crippen molar-refractivity contribution in [1.82, 2.24) is 9.78 Å². The highest BCUT2D eigenvalue weighted by molar-refractivity contribution is 7.99. The molecule has 4 nitrogen and oxygen atoms in total. The number of thiocarbonyl (C=S) groups is 1. The number of hydrogen-bond donors (Lipinski definition) is 2. The molecule has 1 aliphatic rings. The lowest BCUT2D eigenvalue weighted by Gasteiger charge is -2.12. The van der Waals surface area contributed by atoms with E-state index < -0.39 is 0 Å². The van der Waals surface area contributed by atoms with Gasteiger partial charge in [0.05, 0.1) is 11.3 Å². The van der Waals surface area contributed by atoms with E-state index in [1.54, 1.807) is 0 Å². The van der Waals surface area contributed by atoms with Gasteiger partial charge in [-0.1, -0.05) is 12.2 Å². The highest BCUT2D eigenvalue weighted by Crippen LogP contribution is 2.25. The molecule has 0 radical (unpaired) electrons. The molecule has 1 saturated heterocycles. The smallest absolute Gasteiger partial charge is 0.134 e. The first kappa shape index (κ1) is 12.7. The Morgan fingerprint density at radius 1 is 1.71 bits per heavy atom. The first-order valence-electron chi connectivity index (χ1n) is 5.74. The average molecular weight is 270 g/mol. The molecule has 0 amide bonds. The van der Waals surface area contributed by atoms with Gasteiger partial charge in [0.25, 0.3) is 0 Å². The Hall–Kier alpha value is -0.750. The minimum Gasteiger partial charge on any atom is -0.389 e. The molecule has 1 aliphatic heterocycles. The maximum atomic E-state index is 5.75. The van der Waals surface area contributed by atoms with Crippen molar-refractivity contribution in [3.05, 3.63) is 11.3 Å². The first-order chi connectivity index (χ1) is 8.09. The standard InChI is InChI=1S/C11H18N4S2/c1-7-9(10(12)16)11(15(2)14-7)13-5-8-3-4-17-6-8/h8,13H,3-6H2,1-2H3,(H2,12,16). The fraction of sp³-hybridized carbons (Fsp3) is 0.636. The number of hydrogen-bond acceptors (Lipinski definition) is 4. The Kier molecular flexibility index (Phi) is 3.93. The maximum absolute atomic E-state index is 5.75. The maximum Gasteiger partial charge on any atom is 0.134 e. The summed E-state index contributed by atoms with van der Waals surface area (Å²) >= 11 is 7.10. The molecule has 1 fully saturated rings. The first-order valence-corrected chi connectivity index (χ1v) is 7.31. The lowest BCUT2D eigenvalue weighted by molar-refractivity contribution is 0.625. The minimum absolute atomic E-state index is 0.416. The summed E-state index contributed by atoms with van der Waals surface area (Å²) in [7, 11) is 1.92. The van der Waals surface area contributed by atoms with Crippen molar-refractivity contribution >= 4 is 34.8 Å². The van der Waals surface area contributed by atoms with Crippen LogP contribution < -0.4 is 11.1 Å². The molecule has 2 heterocycles. The molecular formula is C11H18N4S2. The van der Waals surface area contributed by atoms with Crippen molar-refractivity contribution in [3.63, 3.8) is 0 Å². The summed E-state index contributed by atoms with van der Waals surface area (Å²) in [4.78, 5) is 0.416. The molecule has 0 aromatic carbocycles. The number of rotatable bonds is 4. The highest BCUT2D eigenvalue weighted by Gasteiger charge is 2.19. The van der Waals surface area contributed by atoms with E-state index in [0.717, 1.165) is 29.5 Å². The molecule has 1 aromatic rings. The van der Waals surface area contributed by atoms with Gasteiger partial charge in [0.1, 0.15) is 10.8 Å². The number of anilines is 1. The van der Waals surface area contributed by atoms with Crippen molar-refractivity contribution in [2.24, 2.45) is 18.7 Å². The van der Waals surface area contributed by atoms with Crippen molar-refractivity contribution < 1.29 is 0 Å². The molecule has 1 unspecified atom stereocenters. The molecule has 0 bridgehead atoms. The van der Waals surface area contributed by atoms with Gasteiger partial charge in [0.15, 0.2) is 0 Å². The van der Waals surface area contributed by atoms with Gasteiger partial charge in [0, 0.05) is 13.6 Å². The SMILES string of the molecule is Cc1nn(C)c(NCC2CCSC2)c1C(N)=S. The molecule has 2 rings (SSSR count). The number of aryl methyl sites for hydroxylation is 2. The Bertz CT molecular complexity index is 421. The van der Waals surface area contributed by atoms with E-state index in [2.05, 4.69) is 10.4 Å². The number of nitrogens with one attached hydrogen (secondary N) is 1. The van der Waals surface area contributed by atoms with Crippen molar-refractivity contribution in [2.75, 3.05) is 23.4 Å². The molecule has 1 atom stereocenters. The van der Waals surface area contributed by atoms with Gasteiger partial charge in [-0.3, -0.25) is 4.68 Å². The van der Waals surface area contributed by atoms with Gasteiger partial charge in [0.2, 0.25) is 0 Å². The van der Waals surface area contributed by atoms with E-state index in [9.17, 15) is 0 Å². The van der Waals surface area contributed by atoms with Crippen molar-refractivity contribution in [3.8, 4) is 0 Å². The number of nitrogens with zero attached hydrogens (tertiary/aromatic N) is 2. The van der Waals surface area contributed by atoms with Crippen LogP contribution in [0.5, 0.6) is 0 Å². The predicted octanol–water partition coefficient (Wildman–Crippen LogP) is 1.53. The van der Waals surface area contributed by atoms with E-state index in [4.69, 9.17) is 18.0 Å². The minimum atomic E-state index is 0.416. The molecule has 0 saturated carbocycles. The molecule has 17 heavy (non-hydrogen) atoms. The van der Waals surface area contributed by atoms with E-state index in [0.29, 0.717) is 4.99 Å². The lowest BCUT2D eigenvalue weighted by Crippen LogP contribution is -2.19. The predicted molar refractivity (Wildman–Crippen MR) is 77.8 cm³/mol. The van der Waals surface area contributed by atoms with Gasteiger partial charge in [-0.25, -0.2) is 0 Å². The number of aromatic nitrogens is 2. The third-order valence-electron chi connectivity index (χ3n) is 3.05. The summed E-state index contributed by atoms with van der Waals surface area (Å²) in [6.45, 7) is 2.91. The molecule has 3 N–H and O–H groups in total. The third-order valence-corrected chi connectivity index (χ3v) is 4.49. The van der Waals surface area contributed by atoms with Crippen LogP contribution in [0.3, 0.4) is 0 Å². The van der Waals surface area contributed by atoms with Crippen LogP contribution in [-0.2, 0) is 7.05 Å². The van der Waals surface area contributed by atoms with Crippen LogP contribution in [0.25, 0.3) is 0 Å². The Balaban J connectivity index is 2.11. The second-order valence-electron chi connectivity index (χ2n) is 4.41. The van der Waals surface area contributed by atoms with Crippen LogP contribution in [0, 0.1) is 12.8 Å². The zero-order valence-electron chi connectivity index (χ0n) is 10.2. The van der Waals surface area contributed by atoms with Gasteiger partial charge >= 0.3 is 0 Å². The van der Waals surface area contributed by atoms with Crippen LogP contribution in [0.15, 0.2) is 0 Å². The summed E-state index contributed by atoms with van der Waals surface area (Å²) in [5.41, 5.74) is 7.52. The summed E-state index contributed by atoms with van der Waals surface area (Å²) in [5.74, 6) is 4.21. The molecule has 0 spiro atoms. The lowest BCUT2D eigenvalue weighted by atomic mass is 10.1. The fourth-order valence-electron chi connectivity index (χ4n) is 2.14. The number of nitrogens with two attached hydrogens (primary N) is 1. The monoisotopic (exact) mass is 270 g/mol. The van der Waals surface area contributed by atoms with E-state index in [1.807, 2.05) is 30.4 Å². The van der Waals surface area contributed by atoms with Gasteiger partial charge in [-0.15, -0.1) is 0 Å². The van der Waals surface area contributed by atoms with Crippen LogP contribution in [-0.4, -0.2) is 32.8 Å². The van der Waals surface area contributed by atoms with Gasteiger partial charge < -0.3 is 11.1 Å². The van der Waals surface area contributed by atoms with Gasteiger partial charge in [-0.2, -0.15) is 16.9 Å².